The number of nitrogens with two attached hydrogens (primary N) is 1. The molecule has 1 saturated heterocycles. The van der Waals surface area contributed by atoms with Gasteiger partial charge in [-0.1, -0.05) is 0 Å². The van der Waals surface area contributed by atoms with Crippen molar-refractivity contribution < 1.29 is 4.79 Å². The third kappa shape index (κ3) is 2.55. The topological polar surface area (TPSA) is 85.8 Å². The number of nitrogens with one attached hydrogen (secondary N) is 1. The fraction of sp³-hybridized carbons (Fsp3) is 0.357. The van der Waals surface area contributed by atoms with Crippen LogP contribution in [0.3, 0.4) is 0 Å². The number of hydrogen-bond acceptors (Lipinski definition) is 4. The van der Waals surface area contributed by atoms with E-state index >= 15 is 0 Å². The third-order valence-electron chi connectivity index (χ3n) is 3.64. The van der Waals surface area contributed by atoms with Crippen LogP contribution in [-0.4, -0.2) is 33.8 Å². The van der Waals surface area contributed by atoms with Crippen LogP contribution >= 0.6 is 0 Å². The molecule has 0 atom stereocenters. The SMILES string of the molecule is NC(=O)c1cncc(-c2cnn(C3CCNCC3)c2)c1. The number of pyridine rings is 1. The molecule has 0 radical (unpaired) electrons. The normalized spacial score (nSPS) is 16.2. The fourth-order valence-electron chi connectivity index (χ4n) is 2.49. The van der Waals surface area contributed by atoms with E-state index in [2.05, 4.69) is 15.4 Å². The van der Waals surface area contributed by atoms with E-state index in [1.807, 2.05) is 17.1 Å². The molecule has 0 aliphatic carbocycles. The molecular formula is C14H17N5O. The summed E-state index contributed by atoms with van der Waals surface area (Å²) in [7, 11) is 0. The van der Waals surface area contributed by atoms with Gasteiger partial charge in [-0.2, -0.15) is 5.10 Å². The number of piperidine rings is 1. The number of hydrogen-bond donors (Lipinski definition) is 2. The average Bonchev–Trinajstić information content (AvgIpc) is 2.98. The Morgan fingerprint density at radius 2 is 2.05 bits per heavy atom. The molecule has 1 aliphatic rings. The van der Waals surface area contributed by atoms with Crippen molar-refractivity contribution in [1.29, 1.82) is 0 Å². The lowest BCUT2D eigenvalue weighted by Gasteiger charge is -2.22. The maximum Gasteiger partial charge on any atom is 0.250 e. The average molecular weight is 271 g/mol. The number of carbonyl (C=O) groups is 1. The van der Waals surface area contributed by atoms with Crippen molar-refractivity contribution in [3.05, 3.63) is 36.4 Å². The smallest absolute Gasteiger partial charge is 0.250 e. The summed E-state index contributed by atoms with van der Waals surface area (Å²) >= 11 is 0. The molecule has 104 valence electrons. The van der Waals surface area contributed by atoms with Crippen molar-refractivity contribution in [2.75, 3.05) is 13.1 Å². The van der Waals surface area contributed by atoms with Gasteiger partial charge in [0, 0.05) is 29.7 Å². The van der Waals surface area contributed by atoms with Crippen molar-refractivity contribution in [3.8, 4) is 11.1 Å². The molecule has 6 nitrogen and oxygen atoms in total. The van der Waals surface area contributed by atoms with Gasteiger partial charge in [-0.15, -0.1) is 0 Å². The standard InChI is InChI=1S/C14H17N5O/c15-14(20)11-5-10(6-17-7-11)12-8-18-19(9-12)13-1-3-16-4-2-13/h5-9,13,16H,1-4H2,(H2,15,20). The summed E-state index contributed by atoms with van der Waals surface area (Å²) in [6, 6.07) is 2.19. The van der Waals surface area contributed by atoms with E-state index < -0.39 is 5.91 Å². The van der Waals surface area contributed by atoms with Crippen LogP contribution in [0.2, 0.25) is 0 Å². The van der Waals surface area contributed by atoms with Gasteiger partial charge in [-0.05, 0) is 32.0 Å². The number of aromatic nitrogens is 3. The van der Waals surface area contributed by atoms with Crippen LogP contribution in [0.4, 0.5) is 0 Å². The molecule has 2 aromatic heterocycles. The Morgan fingerprint density at radius 1 is 1.25 bits per heavy atom. The van der Waals surface area contributed by atoms with Crippen molar-refractivity contribution in [1.82, 2.24) is 20.1 Å². The predicted octanol–water partition coefficient (Wildman–Crippen LogP) is 0.968. The van der Waals surface area contributed by atoms with Crippen molar-refractivity contribution in [2.45, 2.75) is 18.9 Å². The van der Waals surface area contributed by atoms with Crippen molar-refractivity contribution in [3.63, 3.8) is 0 Å². The number of carbonyl (C=O) groups excluding carboxylic acids is 1. The van der Waals surface area contributed by atoms with E-state index in [-0.39, 0.29) is 0 Å². The van der Waals surface area contributed by atoms with Gasteiger partial charge in [0.05, 0.1) is 17.8 Å². The highest BCUT2D eigenvalue weighted by molar-refractivity contribution is 5.93. The number of amides is 1. The summed E-state index contributed by atoms with van der Waals surface area (Å²) in [6.07, 6.45) is 9.18. The Morgan fingerprint density at radius 3 is 2.80 bits per heavy atom. The van der Waals surface area contributed by atoms with Gasteiger partial charge < -0.3 is 11.1 Å². The van der Waals surface area contributed by atoms with Gasteiger partial charge in [0.15, 0.2) is 0 Å². The molecule has 3 rings (SSSR count). The third-order valence-corrected chi connectivity index (χ3v) is 3.64. The zero-order valence-electron chi connectivity index (χ0n) is 11.1. The highest BCUT2D eigenvalue weighted by Crippen LogP contribution is 2.23. The molecule has 3 N–H and O–H groups in total. The second-order valence-corrected chi connectivity index (χ2v) is 5.02. The number of rotatable bonds is 3. The van der Waals surface area contributed by atoms with Gasteiger partial charge in [0.25, 0.3) is 0 Å². The molecule has 1 aliphatic heterocycles. The number of primary amides is 1. The quantitative estimate of drug-likeness (QED) is 0.871. The first-order valence-electron chi connectivity index (χ1n) is 6.74. The van der Waals surface area contributed by atoms with Gasteiger partial charge in [-0.3, -0.25) is 14.5 Å². The largest absolute Gasteiger partial charge is 0.366 e. The Kier molecular flexibility index (Phi) is 3.47. The highest BCUT2D eigenvalue weighted by atomic mass is 16.1. The molecule has 0 unspecified atom stereocenters. The van der Waals surface area contributed by atoms with Gasteiger partial charge in [-0.25, -0.2) is 0 Å². The summed E-state index contributed by atoms with van der Waals surface area (Å²) in [5.74, 6) is -0.468. The highest BCUT2D eigenvalue weighted by Gasteiger charge is 2.16. The lowest BCUT2D eigenvalue weighted by Crippen LogP contribution is -2.29. The molecule has 0 saturated carbocycles. The Balaban J connectivity index is 1.85. The summed E-state index contributed by atoms with van der Waals surface area (Å²) in [6.45, 7) is 2.05. The predicted molar refractivity (Wildman–Crippen MR) is 75.1 cm³/mol. The monoisotopic (exact) mass is 271 g/mol. The van der Waals surface area contributed by atoms with Crippen LogP contribution < -0.4 is 11.1 Å². The first kappa shape index (κ1) is 12.8. The molecule has 1 fully saturated rings. The minimum Gasteiger partial charge on any atom is -0.366 e. The molecule has 3 heterocycles. The van der Waals surface area contributed by atoms with Crippen LogP contribution in [0.15, 0.2) is 30.9 Å². The lowest BCUT2D eigenvalue weighted by atomic mass is 10.1. The van der Waals surface area contributed by atoms with Crippen LogP contribution in [0.5, 0.6) is 0 Å². The van der Waals surface area contributed by atoms with Crippen LogP contribution in [-0.2, 0) is 0 Å². The summed E-state index contributed by atoms with van der Waals surface area (Å²) < 4.78 is 2.01. The van der Waals surface area contributed by atoms with E-state index in [1.165, 1.54) is 6.20 Å². The van der Waals surface area contributed by atoms with Crippen LogP contribution in [0.25, 0.3) is 11.1 Å². The van der Waals surface area contributed by atoms with E-state index in [0.29, 0.717) is 11.6 Å². The maximum atomic E-state index is 11.2. The van der Waals surface area contributed by atoms with Crippen LogP contribution in [0.1, 0.15) is 29.2 Å². The minimum atomic E-state index is -0.468. The Bertz CT molecular complexity index is 616. The minimum absolute atomic E-state index is 0.414. The molecule has 0 spiro atoms. The summed E-state index contributed by atoms with van der Waals surface area (Å²) in [5, 5.41) is 7.78. The zero-order valence-corrected chi connectivity index (χ0v) is 11.1. The van der Waals surface area contributed by atoms with E-state index in [9.17, 15) is 4.79 Å². The molecule has 6 heteroatoms. The zero-order chi connectivity index (χ0) is 13.9. The second kappa shape index (κ2) is 5.42. The second-order valence-electron chi connectivity index (χ2n) is 5.02. The van der Waals surface area contributed by atoms with Gasteiger partial charge >= 0.3 is 0 Å². The molecular weight excluding hydrogens is 254 g/mol. The molecule has 20 heavy (non-hydrogen) atoms. The van der Waals surface area contributed by atoms with Crippen molar-refractivity contribution >= 4 is 5.91 Å². The molecule has 1 amide bonds. The van der Waals surface area contributed by atoms with Crippen molar-refractivity contribution in [2.24, 2.45) is 5.73 Å². The first-order chi connectivity index (χ1) is 9.74. The van der Waals surface area contributed by atoms with Gasteiger partial charge in [0.1, 0.15) is 0 Å². The summed E-state index contributed by atoms with van der Waals surface area (Å²) in [5.41, 5.74) is 7.51. The number of nitrogens with zero attached hydrogens (tertiary/aromatic N) is 3. The molecule has 0 aromatic carbocycles. The summed E-state index contributed by atoms with van der Waals surface area (Å²) in [4.78, 5) is 15.2. The van der Waals surface area contributed by atoms with E-state index in [1.54, 1.807) is 12.3 Å². The first-order valence-corrected chi connectivity index (χ1v) is 6.74. The van der Waals surface area contributed by atoms with E-state index in [4.69, 9.17) is 5.73 Å². The fourth-order valence-corrected chi connectivity index (χ4v) is 2.49. The molecule has 0 bridgehead atoms. The maximum absolute atomic E-state index is 11.2. The van der Waals surface area contributed by atoms with E-state index in [0.717, 1.165) is 37.1 Å². The van der Waals surface area contributed by atoms with Gasteiger partial charge in [0.2, 0.25) is 5.91 Å². The van der Waals surface area contributed by atoms with Crippen LogP contribution in [0, 0.1) is 0 Å². The Hall–Kier alpha value is -2.21. The molecule has 2 aromatic rings. The lowest BCUT2D eigenvalue weighted by molar-refractivity contribution is 0.1000. The Labute approximate surface area is 117 Å².